The number of carbonyl (C=O) groups is 1. The van der Waals surface area contributed by atoms with Crippen LogP contribution in [-0.2, 0) is 4.79 Å². The zero-order valence-corrected chi connectivity index (χ0v) is 20.9. The second-order valence-corrected chi connectivity index (χ2v) is 11.2. The molecular weight excluding hydrogens is 454 g/mol. The van der Waals surface area contributed by atoms with E-state index in [9.17, 15) is 4.79 Å². The Balaban J connectivity index is 1.33. The van der Waals surface area contributed by atoms with Crippen molar-refractivity contribution >= 4 is 36.4 Å². The second-order valence-electron chi connectivity index (χ2n) is 9.24. The van der Waals surface area contributed by atoms with E-state index >= 15 is 0 Å². The second kappa shape index (κ2) is 9.71. The minimum atomic E-state index is -0.133. The molecule has 2 aromatic rings. The van der Waals surface area contributed by atoms with Gasteiger partial charge in [0.1, 0.15) is 27.7 Å². The Hall–Kier alpha value is -1.99. The number of nitrogens with zero attached hydrogens (tertiary/aromatic N) is 1. The van der Waals surface area contributed by atoms with Crippen LogP contribution in [0.3, 0.4) is 0 Å². The first-order valence-corrected chi connectivity index (χ1v) is 13.2. The molecule has 0 spiro atoms. The predicted octanol–water partition coefficient (Wildman–Crippen LogP) is 6.45. The Kier molecular flexibility index (Phi) is 6.70. The van der Waals surface area contributed by atoms with Gasteiger partial charge in [-0.3, -0.25) is 4.79 Å². The SMILES string of the molecule is COc1cc(OC)cc(-c2ccc(/C=C3\SC(S)N(C4CCC5CCCCC5C4)C3=O)o2)c1. The monoisotopic (exact) mass is 485 g/mol. The number of furan rings is 1. The summed E-state index contributed by atoms with van der Waals surface area (Å²) in [6.07, 6.45) is 10.7. The molecule has 0 radical (unpaired) electrons. The van der Waals surface area contributed by atoms with Crippen LogP contribution >= 0.6 is 24.4 Å². The minimum Gasteiger partial charge on any atom is -0.497 e. The third kappa shape index (κ3) is 4.67. The molecule has 0 N–H and O–H groups in total. The highest BCUT2D eigenvalue weighted by atomic mass is 32.2. The average molecular weight is 486 g/mol. The summed E-state index contributed by atoms with van der Waals surface area (Å²) in [4.78, 5) is 16.1. The van der Waals surface area contributed by atoms with E-state index in [-0.39, 0.29) is 10.6 Å². The lowest BCUT2D eigenvalue weighted by molar-refractivity contribution is -0.128. The lowest BCUT2D eigenvalue weighted by Gasteiger charge is -2.43. The zero-order chi connectivity index (χ0) is 22.9. The number of hydrogen-bond acceptors (Lipinski definition) is 6. The van der Waals surface area contributed by atoms with Crippen molar-refractivity contribution in [1.82, 2.24) is 4.90 Å². The topological polar surface area (TPSA) is 51.9 Å². The van der Waals surface area contributed by atoms with Crippen LogP contribution in [0.15, 0.2) is 39.7 Å². The van der Waals surface area contributed by atoms with Gasteiger partial charge in [-0.15, -0.1) is 12.6 Å². The number of carbonyl (C=O) groups excluding carboxylic acids is 1. The van der Waals surface area contributed by atoms with Crippen LogP contribution in [0.1, 0.15) is 50.7 Å². The van der Waals surface area contributed by atoms with Crippen molar-refractivity contribution in [2.75, 3.05) is 14.2 Å². The van der Waals surface area contributed by atoms with Crippen LogP contribution in [0.5, 0.6) is 11.5 Å². The fraction of sp³-hybridized carbons (Fsp3) is 0.500. The first-order chi connectivity index (χ1) is 16.1. The third-order valence-corrected chi connectivity index (χ3v) is 8.91. The summed E-state index contributed by atoms with van der Waals surface area (Å²) in [5, 5.41) is 0. The summed E-state index contributed by atoms with van der Waals surface area (Å²) in [6, 6.07) is 9.73. The average Bonchev–Trinajstić information content (AvgIpc) is 3.42. The van der Waals surface area contributed by atoms with E-state index in [0.29, 0.717) is 34.0 Å². The molecule has 1 aromatic heterocycles. The molecule has 176 valence electrons. The van der Waals surface area contributed by atoms with Crippen molar-refractivity contribution in [3.63, 3.8) is 0 Å². The summed E-state index contributed by atoms with van der Waals surface area (Å²) in [7, 11) is 3.25. The van der Waals surface area contributed by atoms with Crippen LogP contribution < -0.4 is 9.47 Å². The van der Waals surface area contributed by atoms with Crippen molar-refractivity contribution in [2.45, 2.75) is 55.7 Å². The first kappa shape index (κ1) is 22.8. The smallest absolute Gasteiger partial charge is 0.262 e. The van der Waals surface area contributed by atoms with E-state index in [4.69, 9.17) is 26.5 Å². The van der Waals surface area contributed by atoms with Crippen molar-refractivity contribution in [3.8, 4) is 22.8 Å². The summed E-state index contributed by atoms with van der Waals surface area (Å²) in [5.74, 6) is 4.47. The largest absolute Gasteiger partial charge is 0.497 e. The van der Waals surface area contributed by atoms with E-state index < -0.39 is 0 Å². The van der Waals surface area contributed by atoms with Crippen molar-refractivity contribution in [1.29, 1.82) is 0 Å². The maximum atomic E-state index is 13.3. The molecule has 4 unspecified atom stereocenters. The Bertz CT molecular complexity index is 1030. The zero-order valence-electron chi connectivity index (χ0n) is 19.2. The minimum absolute atomic E-state index is 0.0836. The van der Waals surface area contributed by atoms with Gasteiger partial charge in [0.15, 0.2) is 0 Å². The molecule has 1 aliphatic heterocycles. The number of thiol groups is 1. The molecule has 5 rings (SSSR count). The number of ether oxygens (including phenoxy) is 2. The first-order valence-electron chi connectivity index (χ1n) is 11.8. The molecule has 2 heterocycles. The van der Waals surface area contributed by atoms with Crippen LogP contribution in [-0.4, -0.2) is 35.8 Å². The molecule has 4 atom stereocenters. The fourth-order valence-electron chi connectivity index (χ4n) is 5.66. The number of rotatable bonds is 5. The van der Waals surface area contributed by atoms with Crippen LogP contribution in [0.4, 0.5) is 0 Å². The van der Waals surface area contributed by atoms with Crippen molar-refractivity contribution < 1.29 is 18.7 Å². The number of methoxy groups -OCH3 is 2. The van der Waals surface area contributed by atoms with Gasteiger partial charge < -0.3 is 18.8 Å². The molecule has 1 saturated heterocycles. The lowest BCUT2D eigenvalue weighted by Crippen LogP contribution is -2.44. The molecule has 33 heavy (non-hydrogen) atoms. The summed E-state index contributed by atoms with van der Waals surface area (Å²) < 4.78 is 16.7. The van der Waals surface area contributed by atoms with E-state index in [0.717, 1.165) is 30.2 Å². The highest BCUT2D eigenvalue weighted by molar-refractivity contribution is 8.14. The molecule has 2 aliphatic carbocycles. The Morgan fingerprint density at radius 1 is 1.03 bits per heavy atom. The number of fused-ring (bicyclic) bond motifs is 1. The number of hydrogen-bond donors (Lipinski definition) is 1. The van der Waals surface area contributed by atoms with E-state index in [1.807, 2.05) is 41.3 Å². The standard InChI is InChI=1S/C26H31NO4S2/c1-29-21-12-18(13-22(14-21)30-2)23-10-9-20(31-23)15-24-25(28)27(26(32)33-24)19-8-7-16-5-3-4-6-17(16)11-19/h9-10,12-17,19,26,32H,3-8,11H2,1-2H3/b24-15-. The van der Waals surface area contributed by atoms with Gasteiger partial charge in [0.05, 0.1) is 19.1 Å². The maximum Gasteiger partial charge on any atom is 0.262 e. The molecular formula is C26H31NO4S2. The van der Waals surface area contributed by atoms with Gasteiger partial charge in [0, 0.05) is 23.7 Å². The molecule has 0 bridgehead atoms. The highest BCUT2D eigenvalue weighted by Gasteiger charge is 2.42. The number of amides is 1. The van der Waals surface area contributed by atoms with E-state index in [1.54, 1.807) is 14.2 Å². The van der Waals surface area contributed by atoms with Crippen LogP contribution in [0, 0.1) is 11.8 Å². The highest BCUT2D eigenvalue weighted by Crippen LogP contribution is 2.47. The summed E-state index contributed by atoms with van der Waals surface area (Å²) >= 11 is 6.29. The van der Waals surface area contributed by atoms with Crippen molar-refractivity contribution in [2.24, 2.45) is 11.8 Å². The number of benzene rings is 1. The molecule has 1 amide bonds. The molecule has 3 aliphatic rings. The molecule has 2 saturated carbocycles. The lowest BCUT2D eigenvalue weighted by atomic mass is 9.69. The Morgan fingerprint density at radius 3 is 2.48 bits per heavy atom. The Morgan fingerprint density at radius 2 is 1.76 bits per heavy atom. The molecule has 5 nitrogen and oxygen atoms in total. The quantitative estimate of drug-likeness (QED) is 0.389. The van der Waals surface area contributed by atoms with Crippen LogP contribution in [0.2, 0.25) is 0 Å². The maximum absolute atomic E-state index is 13.3. The fourth-order valence-corrected chi connectivity index (χ4v) is 7.29. The van der Waals surface area contributed by atoms with E-state index in [1.165, 1.54) is 43.9 Å². The van der Waals surface area contributed by atoms with Gasteiger partial charge in [-0.1, -0.05) is 37.4 Å². The van der Waals surface area contributed by atoms with Gasteiger partial charge >= 0.3 is 0 Å². The van der Waals surface area contributed by atoms with E-state index in [2.05, 4.69) is 0 Å². The predicted molar refractivity (Wildman–Crippen MR) is 136 cm³/mol. The van der Waals surface area contributed by atoms with Gasteiger partial charge in [0.25, 0.3) is 5.91 Å². The molecule has 3 fully saturated rings. The van der Waals surface area contributed by atoms with Gasteiger partial charge in [0.2, 0.25) is 0 Å². The summed E-state index contributed by atoms with van der Waals surface area (Å²) in [5.41, 5.74) is 0.860. The number of thioether (sulfide) groups is 1. The molecule has 7 heteroatoms. The van der Waals surface area contributed by atoms with Gasteiger partial charge in [-0.2, -0.15) is 0 Å². The molecule has 1 aromatic carbocycles. The normalized spacial score (nSPS) is 28.8. The van der Waals surface area contributed by atoms with Gasteiger partial charge in [-0.05, 0) is 55.4 Å². The Labute approximate surface area is 205 Å². The van der Waals surface area contributed by atoms with Crippen molar-refractivity contribution in [3.05, 3.63) is 41.0 Å². The third-order valence-electron chi connectivity index (χ3n) is 7.36. The summed E-state index contributed by atoms with van der Waals surface area (Å²) in [6.45, 7) is 0. The van der Waals surface area contributed by atoms with Gasteiger partial charge in [-0.25, -0.2) is 0 Å². The van der Waals surface area contributed by atoms with Crippen LogP contribution in [0.25, 0.3) is 17.4 Å².